The van der Waals surface area contributed by atoms with Crippen molar-refractivity contribution in [3.05, 3.63) is 208 Å². The summed E-state index contributed by atoms with van der Waals surface area (Å²) in [6.07, 6.45) is -2.23. The second kappa shape index (κ2) is 30.4. The number of carbonyl (C=O) groups excluding carboxylic acids is 2. The number of aryl methyl sites for hydroxylation is 2. The van der Waals surface area contributed by atoms with Gasteiger partial charge >= 0.3 is 11.9 Å². The molecule has 0 aromatic heterocycles. The zero-order valence-electron chi connectivity index (χ0n) is 46.3. The lowest BCUT2D eigenvalue weighted by atomic mass is 9.87. The van der Waals surface area contributed by atoms with Crippen molar-refractivity contribution in [1.29, 1.82) is 0 Å². The van der Waals surface area contributed by atoms with Crippen molar-refractivity contribution < 1.29 is 65.1 Å². The van der Waals surface area contributed by atoms with Crippen LogP contribution in [0.15, 0.2) is 155 Å². The van der Waals surface area contributed by atoms with Crippen molar-refractivity contribution in [3.8, 4) is 11.5 Å². The quantitative estimate of drug-likeness (QED) is 0.0334. The predicted molar refractivity (Wildman–Crippen MR) is 314 cm³/mol. The Balaban J connectivity index is 0.000000345. The maximum Gasteiger partial charge on any atom is 0.338 e. The minimum atomic E-state index is -3.86. The maximum absolute atomic E-state index is 13.0. The van der Waals surface area contributed by atoms with E-state index in [1.807, 2.05) is 36.4 Å². The number of hydrogen-bond acceptors (Lipinski definition) is 18. The largest absolute Gasteiger partial charge is 0.497 e. The summed E-state index contributed by atoms with van der Waals surface area (Å²) < 4.78 is 70.9. The van der Waals surface area contributed by atoms with Crippen LogP contribution < -0.4 is 9.47 Å². The fraction of sp³-hybridized carbons (Fsp3) is 0.321. The fourth-order valence-electron chi connectivity index (χ4n) is 6.88. The van der Waals surface area contributed by atoms with E-state index in [4.69, 9.17) is 18.9 Å². The molecule has 6 aromatic carbocycles. The molecule has 0 saturated heterocycles. The van der Waals surface area contributed by atoms with Crippen molar-refractivity contribution in [2.24, 2.45) is 10.8 Å². The molecule has 0 saturated carbocycles. The van der Waals surface area contributed by atoms with Crippen LogP contribution in [0.5, 0.6) is 11.5 Å². The highest BCUT2D eigenvalue weighted by Crippen LogP contribution is 2.36. The topological polar surface area (TPSA) is 312 Å². The van der Waals surface area contributed by atoms with Crippen LogP contribution in [0, 0.1) is 65.1 Å². The van der Waals surface area contributed by atoms with Crippen LogP contribution >= 0.6 is 31.9 Å². The van der Waals surface area contributed by atoms with Gasteiger partial charge < -0.3 is 18.9 Å². The SMILES string of the molecule is COc1ccc(S(=O)(=O)[C@@H](Br)C[C@H](OC(=O)c2cc([N+](=O)[O-])cc([N+](=O)[O-])c2)C(C)(C)C)cc1.COc1ccc(S(=O)(=O)[C@H](Br)C[C@@H](OC(=O)c2cc([N+](=O)[O-])cc([N+](=O)[O-])c2)C(C)(C)C)cc1.Cc1ccccc1.Cc1ccccc1. The Morgan fingerprint density at radius 3 is 0.915 bits per heavy atom. The number of rotatable bonds is 18. The number of halogens is 2. The molecule has 0 heterocycles. The van der Waals surface area contributed by atoms with E-state index >= 15 is 0 Å². The molecule has 0 aliphatic rings. The number of ether oxygens (including phenoxy) is 4. The van der Waals surface area contributed by atoms with Gasteiger partial charge in [-0.2, -0.15) is 0 Å². The summed E-state index contributed by atoms with van der Waals surface area (Å²) in [5, 5.41) is 44.5. The molecule has 0 N–H and O–H groups in total. The average molecular weight is 1300 g/mol. The lowest BCUT2D eigenvalue weighted by molar-refractivity contribution is -0.394. The van der Waals surface area contributed by atoms with Crippen LogP contribution in [0.4, 0.5) is 22.7 Å². The number of nitrogens with zero attached hydrogens (tertiary/aromatic N) is 4. The molecule has 0 radical (unpaired) electrons. The zero-order valence-corrected chi connectivity index (χ0v) is 51.1. The number of sulfone groups is 2. The molecule has 0 aliphatic heterocycles. The van der Waals surface area contributed by atoms with Crippen molar-refractivity contribution in [1.82, 2.24) is 0 Å². The highest BCUT2D eigenvalue weighted by atomic mass is 79.9. The number of hydrogen-bond donors (Lipinski definition) is 0. The summed E-state index contributed by atoms with van der Waals surface area (Å²) in [5.74, 6) is -1.13. The number of nitro benzene ring substituents is 4. The van der Waals surface area contributed by atoms with Crippen LogP contribution in [0.25, 0.3) is 0 Å². The number of nitro groups is 4. The van der Waals surface area contributed by atoms with Crippen molar-refractivity contribution in [2.75, 3.05) is 14.2 Å². The third kappa shape index (κ3) is 21.0. The fourth-order valence-corrected chi connectivity index (χ4v) is 11.3. The Labute approximate surface area is 491 Å². The van der Waals surface area contributed by atoms with Crippen molar-refractivity contribution in [2.45, 2.75) is 98.5 Å². The van der Waals surface area contributed by atoms with Crippen LogP contribution in [-0.2, 0) is 29.1 Å². The molecule has 0 fully saturated rings. The minimum absolute atomic E-state index is 0.0310. The number of benzene rings is 6. The molecule has 26 heteroatoms. The molecule has 82 heavy (non-hydrogen) atoms. The lowest BCUT2D eigenvalue weighted by Crippen LogP contribution is -2.35. The monoisotopic (exact) mass is 1300 g/mol. The third-order valence-electron chi connectivity index (χ3n) is 11.7. The molecular weight excluding hydrogens is 1240 g/mol. The van der Waals surface area contributed by atoms with Gasteiger partial charge in [0.1, 0.15) is 32.0 Å². The minimum Gasteiger partial charge on any atom is -0.497 e. The Morgan fingerprint density at radius 2 is 0.720 bits per heavy atom. The Morgan fingerprint density at radius 1 is 0.463 bits per heavy atom. The smallest absolute Gasteiger partial charge is 0.338 e. The number of non-ortho nitro benzene ring substituents is 4. The molecule has 6 aromatic rings. The van der Waals surface area contributed by atoms with E-state index in [-0.39, 0.29) is 33.8 Å². The Kier molecular flexibility index (Phi) is 25.4. The second-order valence-electron chi connectivity index (χ2n) is 20.1. The summed E-state index contributed by atoms with van der Waals surface area (Å²) in [7, 11) is -4.82. The highest BCUT2D eigenvalue weighted by molar-refractivity contribution is 9.11. The van der Waals surface area contributed by atoms with E-state index in [2.05, 4.69) is 70.0 Å². The first kappa shape index (κ1) is 68.6. The van der Waals surface area contributed by atoms with Gasteiger partial charge in [0.25, 0.3) is 22.7 Å². The number of alkyl halides is 2. The third-order valence-corrected chi connectivity index (χ3v) is 19.0. The van der Waals surface area contributed by atoms with E-state index in [0.717, 1.165) is 36.4 Å². The molecule has 0 aliphatic carbocycles. The van der Waals surface area contributed by atoms with E-state index < -0.39 is 105 Å². The predicted octanol–water partition coefficient (Wildman–Crippen LogP) is 13.3. The zero-order chi connectivity index (χ0) is 61.9. The molecule has 0 bridgehead atoms. The standard InChI is InChI=1S/2C21H23BrN2O9S.2C7H8/c2*1-21(2,3)18(12-19(22)34(30,31)17-7-5-16(32-4)6-8-17)33-20(25)13-9-14(23(26)27)11-15(10-13)24(28)29;2*1-7-5-3-2-4-6-7/h2*5-11,18-19H,12H2,1-4H3;2*2-6H,1H3/t2*18-,19+;;/m10../s1. The molecule has 0 unspecified atom stereocenters. The van der Waals surface area contributed by atoms with Crippen LogP contribution in [-0.4, -0.2) is 83.2 Å². The van der Waals surface area contributed by atoms with Crippen LogP contribution in [0.3, 0.4) is 0 Å². The lowest BCUT2D eigenvalue weighted by Gasteiger charge is -2.31. The number of carbonyl (C=O) groups is 2. The highest BCUT2D eigenvalue weighted by Gasteiger charge is 2.38. The van der Waals surface area contributed by atoms with Gasteiger partial charge in [-0.3, -0.25) is 40.5 Å². The van der Waals surface area contributed by atoms with Crippen LogP contribution in [0.2, 0.25) is 0 Å². The van der Waals surface area contributed by atoms with E-state index in [1.165, 1.54) is 73.9 Å². The molecule has 0 spiro atoms. The van der Waals surface area contributed by atoms with Crippen molar-refractivity contribution in [3.63, 3.8) is 0 Å². The van der Waals surface area contributed by atoms with Crippen LogP contribution in [0.1, 0.15) is 86.2 Å². The molecule has 0 amide bonds. The van der Waals surface area contributed by atoms with Gasteiger partial charge in [-0.05, 0) is 73.2 Å². The van der Waals surface area contributed by atoms with Gasteiger partial charge in [0, 0.05) is 37.1 Å². The first-order valence-corrected chi connectivity index (χ1v) is 29.4. The number of esters is 2. The van der Waals surface area contributed by atoms with Gasteiger partial charge in [-0.15, -0.1) is 0 Å². The molecule has 440 valence electrons. The summed E-state index contributed by atoms with van der Waals surface area (Å²) in [6, 6.07) is 37.0. The summed E-state index contributed by atoms with van der Waals surface area (Å²) in [6.45, 7) is 14.5. The number of methoxy groups -OCH3 is 2. The maximum atomic E-state index is 13.0. The van der Waals surface area contributed by atoms with Crippen molar-refractivity contribution >= 4 is 86.2 Å². The second-order valence-corrected chi connectivity index (χ2v) is 27.8. The van der Waals surface area contributed by atoms with Gasteiger partial charge in [0.2, 0.25) is 0 Å². The van der Waals surface area contributed by atoms with Gasteiger partial charge in [-0.25, -0.2) is 26.4 Å². The first-order valence-electron chi connectivity index (χ1n) is 24.5. The molecule has 6 rings (SSSR count). The van der Waals surface area contributed by atoms with Gasteiger partial charge in [0.15, 0.2) is 19.7 Å². The normalized spacial score (nSPS) is 12.7. The van der Waals surface area contributed by atoms with Gasteiger partial charge in [0.05, 0.1) is 67.0 Å². The summed E-state index contributed by atoms with van der Waals surface area (Å²) in [5.41, 5.74) is -2.18. The summed E-state index contributed by atoms with van der Waals surface area (Å²) >= 11 is 6.37. The van der Waals surface area contributed by atoms with E-state index in [0.29, 0.717) is 11.5 Å². The van der Waals surface area contributed by atoms with E-state index in [1.54, 1.807) is 41.5 Å². The van der Waals surface area contributed by atoms with Gasteiger partial charge in [-0.1, -0.05) is 145 Å². The Hall–Kier alpha value is -7.68. The first-order chi connectivity index (χ1) is 38.1. The summed E-state index contributed by atoms with van der Waals surface area (Å²) in [4.78, 5) is 66.6. The molecule has 4 atom stereocenters. The molecule has 22 nitrogen and oxygen atoms in total. The average Bonchev–Trinajstić information content (AvgIpc) is 3.42. The van der Waals surface area contributed by atoms with E-state index in [9.17, 15) is 66.9 Å². The Bertz CT molecular complexity index is 3110. The molecular formula is C56H62Br2N4O18S2.